The molecule has 0 saturated carbocycles. The number of carbonyl (C=O) groups excluding carboxylic acids is 3. The minimum absolute atomic E-state index is 0.0158. The molecule has 0 radical (unpaired) electrons. The van der Waals surface area contributed by atoms with Gasteiger partial charge in [0.25, 0.3) is 0 Å². The molecule has 1 aromatic rings. The molecule has 4 bridgehead atoms. The van der Waals surface area contributed by atoms with Gasteiger partial charge in [-0.15, -0.1) is 0 Å². The Morgan fingerprint density at radius 1 is 1.24 bits per heavy atom. The largest absolute Gasteiger partial charge is 0.457 e. The predicted molar refractivity (Wildman–Crippen MR) is 197 cm³/mol. The third-order valence-corrected chi connectivity index (χ3v) is 11.0. The van der Waals surface area contributed by atoms with E-state index in [1.54, 1.807) is 18.0 Å². The van der Waals surface area contributed by atoms with Crippen LogP contribution in [0.1, 0.15) is 84.4 Å². The molecule has 282 valence electrons. The van der Waals surface area contributed by atoms with Gasteiger partial charge >= 0.3 is 12.1 Å². The van der Waals surface area contributed by atoms with E-state index in [1.807, 2.05) is 84.7 Å². The summed E-state index contributed by atoms with van der Waals surface area (Å²) in [7, 11) is 5.12. The van der Waals surface area contributed by atoms with Crippen molar-refractivity contribution in [3.63, 3.8) is 0 Å². The van der Waals surface area contributed by atoms with E-state index in [2.05, 4.69) is 25.2 Å². The Hall–Kier alpha value is -3.67. The number of aliphatic hydroxyl groups is 1. The maximum Gasteiger partial charge on any atom is 0.409 e. The molecule has 51 heavy (non-hydrogen) atoms. The van der Waals surface area contributed by atoms with Crippen LogP contribution in [0.25, 0.3) is 0 Å². The summed E-state index contributed by atoms with van der Waals surface area (Å²) < 4.78 is 24.1. The zero-order valence-corrected chi connectivity index (χ0v) is 32.5. The van der Waals surface area contributed by atoms with E-state index < -0.39 is 59.8 Å². The Morgan fingerprint density at radius 2 is 1.92 bits per heavy atom. The number of ether oxygens (including phenoxy) is 4. The highest BCUT2D eigenvalue weighted by atomic mass is 16.7. The molecule has 3 aliphatic heterocycles. The van der Waals surface area contributed by atoms with Crippen LogP contribution in [-0.4, -0.2) is 91.0 Å². The van der Waals surface area contributed by atoms with Crippen molar-refractivity contribution in [2.24, 2.45) is 11.8 Å². The number of hydrogen-bond acceptors (Lipinski definition) is 9. The zero-order chi connectivity index (χ0) is 38.0. The predicted octanol–water partition coefficient (Wildman–Crippen LogP) is 5.89. The number of amides is 2. The quantitative estimate of drug-likeness (QED) is 0.263. The lowest BCUT2D eigenvalue weighted by Crippen LogP contribution is -2.63. The number of likely N-dealkylation sites (N-methyl/N-ethyl adjacent to an activating group) is 1. The topological polar surface area (TPSA) is 130 Å². The van der Waals surface area contributed by atoms with Gasteiger partial charge in [0, 0.05) is 44.9 Å². The van der Waals surface area contributed by atoms with Gasteiger partial charge < -0.3 is 33.9 Å². The number of hydrogen-bond donors (Lipinski definition) is 2. The van der Waals surface area contributed by atoms with Gasteiger partial charge in [0.05, 0.1) is 12.5 Å². The SMILES string of the molecule is CC=C(C(C)C)N(C)C(CC)C(=O)OC1CC(=O)N(C)c2cc(cc(C)c2C)CC(C)=CC=CC(OC)C2(O)CC(OC(=O)N2)C(C)C2OC12C. The Kier molecular flexibility index (Phi) is 12.5. The van der Waals surface area contributed by atoms with Crippen molar-refractivity contribution in [1.82, 2.24) is 10.2 Å². The smallest absolute Gasteiger partial charge is 0.409 e. The summed E-state index contributed by atoms with van der Waals surface area (Å²) >= 11 is 0. The number of allylic oxidation sites excluding steroid dienone is 5. The Labute approximate surface area is 304 Å². The number of rotatable bonds is 7. The monoisotopic (exact) mass is 709 g/mol. The van der Waals surface area contributed by atoms with Crippen molar-refractivity contribution >= 4 is 23.7 Å². The van der Waals surface area contributed by atoms with E-state index in [0.717, 1.165) is 33.6 Å². The van der Waals surface area contributed by atoms with Crippen LogP contribution in [0.3, 0.4) is 0 Å². The summed E-state index contributed by atoms with van der Waals surface area (Å²) in [5.74, 6) is -0.926. The zero-order valence-electron chi connectivity index (χ0n) is 32.5. The van der Waals surface area contributed by atoms with E-state index >= 15 is 0 Å². The lowest BCUT2D eigenvalue weighted by molar-refractivity contribution is -0.159. The van der Waals surface area contributed by atoms with Gasteiger partial charge in [-0.2, -0.15) is 0 Å². The minimum Gasteiger partial charge on any atom is -0.457 e. The first-order chi connectivity index (χ1) is 23.9. The Bertz CT molecular complexity index is 1570. The van der Waals surface area contributed by atoms with E-state index in [0.29, 0.717) is 12.8 Å². The normalized spacial score (nSPS) is 30.9. The standard InChI is InChI=1S/C40H59N3O8/c1-13-29(23(3)4)42(10)30(14-2)37(45)50-34-21-35(44)43(11)31-20-28(19-25(6)26(31)7)18-24(5)16-15-17-33(48-12)40(47)22-32(49-38(46)41-40)27(8)36-39(34,9)51-36/h13,15-17,19-20,23,27,30,32-34,36,47H,14,18,21-22H2,1-12H3,(H,41,46). The lowest BCUT2D eigenvalue weighted by atomic mass is 9.83. The van der Waals surface area contributed by atoms with Gasteiger partial charge in [0.15, 0.2) is 5.72 Å². The molecular weight excluding hydrogens is 650 g/mol. The van der Waals surface area contributed by atoms with Crippen molar-refractivity contribution in [1.29, 1.82) is 0 Å². The van der Waals surface area contributed by atoms with Crippen LogP contribution in [-0.2, 0) is 35.0 Å². The average Bonchev–Trinajstić information content (AvgIpc) is 3.75. The van der Waals surface area contributed by atoms with Crippen LogP contribution in [0.2, 0.25) is 0 Å². The molecule has 11 nitrogen and oxygen atoms in total. The number of methoxy groups -OCH3 is 1. The average molecular weight is 710 g/mol. The summed E-state index contributed by atoms with van der Waals surface area (Å²) in [5, 5.41) is 14.3. The molecule has 0 aromatic heterocycles. The number of alkyl carbamates (subject to hydrolysis) is 1. The second kappa shape index (κ2) is 15.9. The molecule has 2 amide bonds. The molecule has 2 saturated heterocycles. The molecule has 1 aromatic carbocycles. The number of aryl methyl sites for hydroxylation is 1. The van der Waals surface area contributed by atoms with Crippen molar-refractivity contribution in [2.45, 2.75) is 130 Å². The van der Waals surface area contributed by atoms with Crippen molar-refractivity contribution in [3.05, 3.63) is 64.4 Å². The van der Waals surface area contributed by atoms with Crippen LogP contribution in [0.15, 0.2) is 47.7 Å². The van der Waals surface area contributed by atoms with E-state index in [4.69, 9.17) is 18.9 Å². The molecule has 0 spiro atoms. The molecule has 4 rings (SSSR count). The highest BCUT2D eigenvalue weighted by molar-refractivity contribution is 5.94. The van der Waals surface area contributed by atoms with Crippen molar-refractivity contribution in [3.8, 4) is 0 Å². The molecule has 2 fully saturated rings. The van der Waals surface area contributed by atoms with Crippen molar-refractivity contribution in [2.75, 3.05) is 26.1 Å². The third kappa shape index (κ3) is 8.53. The first-order valence-electron chi connectivity index (χ1n) is 18.1. The second-order valence-electron chi connectivity index (χ2n) is 15.1. The van der Waals surface area contributed by atoms with Gasteiger partial charge in [-0.25, -0.2) is 9.59 Å². The van der Waals surface area contributed by atoms with E-state index in [9.17, 15) is 19.5 Å². The highest BCUT2D eigenvalue weighted by Gasteiger charge is 2.64. The fourth-order valence-electron chi connectivity index (χ4n) is 7.78. The number of benzene rings is 1. The molecule has 11 heteroatoms. The summed E-state index contributed by atoms with van der Waals surface area (Å²) in [6.07, 6.45) is 4.56. The maximum absolute atomic E-state index is 14.2. The van der Waals surface area contributed by atoms with E-state index in [1.165, 1.54) is 7.11 Å². The molecular formula is C40H59N3O8. The van der Waals surface area contributed by atoms with Crippen LogP contribution < -0.4 is 10.2 Å². The van der Waals surface area contributed by atoms with Crippen LogP contribution >= 0.6 is 0 Å². The number of fused-ring (bicyclic) bond motifs is 5. The fourth-order valence-corrected chi connectivity index (χ4v) is 7.78. The number of epoxide rings is 1. The van der Waals surface area contributed by atoms with Gasteiger partial charge in [0.1, 0.15) is 30.0 Å². The van der Waals surface area contributed by atoms with Gasteiger partial charge in [-0.1, -0.05) is 63.6 Å². The molecule has 3 heterocycles. The minimum atomic E-state index is -1.76. The molecule has 0 aliphatic carbocycles. The first-order valence-corrected chi connectivity index (χ1v) is 18.1. The van der Waals surface area contributed by atoms with Crippen LogP contribution in [0.4, 0.5) is 10.5 Å². The Morgan fingerprint density at radius 3 is 2.53 bits per heavy atom. The third-order valence-electron chi connectivity index (χ3n) is 11.0. The van der Waals surface area contributed by atoms with Crippen LogP contribution in [0, 0.1) is 25.7 Å². The Balaban J connectivity index is 1.79. The summed E-state index contributed by atoms with van der Waals surface area (Å²) in [5.41, 5.74) is 3.06. The number of nitrogens with one attached hydrogen (secondary N) is 1. The van der Waals surface area contributed by atoms with Gasteiger partial charge in [-0.3, -0.25) is 10.1 Å². The fraction of sp³-hybridized carbons (Fsp3) is 0.625. The summed E-state index contributed by atoms with van der Waals surface area (Å²) in [4.78, 5) is 44.8. The first kappa shape index (κ1) is 40.1. The summed E-state index contributed by atoms with van der Waals surface area (Å²) in [6.45, 7) is 17.8. The maximum atomic E-state index is 14.2. The van der Waals surface area contributed by atoms with Gasteiger partial charge in [-0.05, 0) is 76.1 Å². The lowest BCUT2D eigenvalue weighted by Gasteiger charge is -2.42. The van der Waals surface area contributed by atoms with Crippen LogP contribution in [0.5, 0.6) is 0 Å². The molecule has 2 N–H and O–H groups in total. The number of carbonyl (C=O) groups is 3. The molecule has 3 aliphatic rings. The summed E-state index contributed by atoms with van der Waals surface area (Å²) in [6, 6.07) is 3.56. The van der Waals surface area contributed by atoms with Crippen molar-refractivity contribution < 1.29 is 38.4 Å². The second-order valence-corrected chi connectivity index (χ2v) is 15.1. The van der Waals surface area contributed by atoms with E-state index in [-0.39, 0.29) is 24.7 Å². The number of anilines is 1. The number of nitrogens with zero attached hydrogens (tertiary/aromatic N) is 2. The van der Waals surface area contributed by atoms with Gasteiger partial charge in [0.2, 0.25) is 5.91 Å². The highest BCUT2D eigenvalue weighted by Crippen LogP contribution is 2.49. The molecule has 8 unspecified atom stereocenters. The number of esters is 1. The molecule has 8 atom stereocenters.